The van der Waals surface area contributed by atoms with Gasteiger partial charge in [-0.15, -0.1) is 0 Å². The second kappa shape index (κ2) is 8.47. The minimum Gasteiger partial charge on any atom is -0.325 e. The zero-order valence-corrected chi connectivity index (χ0v) is 17.1. The Kier molecular flexibility index (Phi) is 6.01. The van der Waals surface area contributed by atoms with Gasteiger partial charge >= 0.3 is 6.03 Å². The maximum Gasteiger partial charge on any atom is 0.325 e. The van der Waals surface area contributed by atoms with E-state index in [1.807, 2.05) is 54.6 Å². The highest BCUT2D eigenvalue weighted by atomic mass is 16.2. The lowest BCUT2D eigenvalue weighted by Crippen LogP contribution is -2.45. The molecule has 3 rings (SSSR count). The summed E-state index contributed by atoms with van der Waals surface area (Å²) in [6.45, 7) is 5.59. The molecule has 6 heteroatoms. The Morgan fingerprint density at radius 1 is 1.07 bits per heavy atom. The standard InChI is InChI=1S/C23H27N3O3/c1-16(2)18-9-11-19(12-10-18)24-20(27)15-26-21(28)23(3,25-22(26)29)14-13-17-7-5-4-6-8-17/h4-12,16H,13-15H2,1-3H3,(H,24,27)(H,25,29)/t23-/m1/s1. The molecule has 0 unspecified atom stereocenters. The normalized spacial score (nSPS) is 18.8. The van der Waals surface area contributed by atoms with Crippen molar-refractivity contribution in [3.8, 4) is 0 Å². The number of amides is 4. The van der Waals surface area contributed by atoms with Crippen LogP contribution in [0.5, 0.6) is 0 Å². The molecule has 1 saturated heterocycles. The van der Waals surface area contributed by atoms with Crippen molar-refractivity contribution in [1.29, 1.82) is 0 Å². The molecule has 152 valence electrons. The molecule has 0 saturated carbocycles. The average Bonchev–Trinajstić information content (AvgIpc) is 2.91. The third-order valence-electron chi connectivity index (χ3n) is 5.26. The van der Waals surface area contributed by atoms with Crippen LogP contribution in [0, 0.1) is 0 Å². The summed E-state index contributed by atoms with van der Waals surface area (Å²) in [5.74, 6) is -0.374. The summed E-state index contributed by atoms with van der Waals surface area (Å²) in [5, 5.41) is 5.50. The smallest absolute Gasteiger partial charge is 0.325 e. The van der Waals surface area contributed by atoms with Crippen molar-refractivity contribution in [2.75, 3.05) is 11.9 Å². The van der Waals surface area contributed by atoms with Gasteiger partial charge in [-0.05, 0) is 48.9 Å². The Balaban J connectivity index is 1.59. The Labute approximate surface area is 171 Å². The lowest BCUT2D eigenvalue weighted by Gasteiger charge is -2.21. The number of nitrogens with one attached hydrogen (secondary N) is 2. The van der Waals surface area contributed by atoms with E-state index in [4.69, 9.17) is 0 Å². The number of rotatable bonds is 7. The Morgan fingerprint density at radius 2 is 1.72 bits per heavy atom. The number of urea groups is 1. The van der Waals surface area contributed by atoms with Crippen LogP contribution < -0.4 is 10.6 Å². The van der Waals surface area contributed by atoms with Gasteiger partial charge in [0.15, 0.2) is 0 Å². The second-order valence-electron chi connectivity index (χ2n) is 7.96. The number of imide groups is 1. The predicted molar refractivity (Wildman–Crippen MR) is 113 cm³/mol. The average molecular weight is 393 g/mol. The van der Waals surface area contributed by atoms with E-state index in [-0.39, 0.29) is 12.5 Å². The van der Waals surface area contributed by atoms with Gasteiger partial charge in [-0.25, -0.2) is 4.79 Å². The minimum atomic E-state index is -1.01. The van der Waals surface area contributed by atoms with Crippen LogP contribution in [-0.4, -0.2) is 34.8 Å². The van der Waals surface area contributed by atoms with Crippen molar-refractivity contribution in [3.63, 3.8) is 0 Å². The molecule has 1 aliphatic rings. The summed E-state index contributed by atoms with van der Waals surface area (Å²) in [4.78, 5) is 38.5. The first-order chi connectivity index (χ1) is 13.8. The molecule has 0 spiro atoms. The molecule has 1 atom stereocenters. The van der Waals surface area contributed by atoms with Crippen LogP contribution >= 0.6 is 0 Å². The Bertz CT molecular complexity index is 893. The van der Waals surface area contributed by atoms with E-state index in [0.717, 1.165) is 10.5 Å². The van der Waals surface area contributed by atoms with E-state index in [2.05, 4.69) is 24.5 Å². The lowest BCUT2D eigenvalue weighted by molar-refractivity contribution is -0.133. The molecular weight excluding hydrogens is 366 g/mol. The highest BCUT2D eigenvalue weighted by molar-refractivity contribution is 6.09. The van der Waals surface area contributed by atoms with Crippen LogP contribution in [-0.2, 0) is 16.0 Å². The second-order valence-corrected chi connectivity index (χ2v) is 7.96. The fourth-order valence-corrected chi connectivity index (χ4v) is 3.39. The van der Waals surface area contributed by atoms with Crippen LogP contribution in [0.25, 0.3) is 0 Å². The van der Waals surface area contributed by atoms with Crippen molar-refractivity contribution < 1.29 is 14.4 Å². The van der Waals surface area contributed by atoms with Crippen molar-refractivity contribution in [3.05, 3.63) is 65.7 Å². The van der Waals surface area contributed by atoms with Gasteiger partial charge in [-0.1, -0.05) is 56.3 Å². The summed E-state index contributed by atoms with van der Waals surface area (Å²) in [6.07, 6.45) is 1.13. The summed E-state index contributed by atoms with van der Waals surface area (Å²) < 4.78 is 0. The van der Waals surface area contributed by atoms with Crippen molar-refractivity contribution in [2.24, 2.45) is 0 Å². The van der Waals surface area contributed by atoms with Crippen LogP contribution in [0.15, 0.2) is 54.6 Å². The molecular formula is C23H27N3O3. The minimum absolute atomic E-state index is 0.308. The third-order valence-corrected chi connectivity index (χ3v) is 5.26. The quantitative estimate of drug-likeness (QED) is 0.704. The van der Waals surface area contributed by atoms with Crippen LogP contribution in [0.4, 0.5) is 10.5 Å². The molecule has 0 aliphatic carbocycles. The van der Waals surface area contributed by atoms with Gasteiger partial charge < -0.3 is 10.6 Å². The van der Waals surface area contributed by atoms with Gasteiger partial charge in [0.2, 0.25) is 5.91 Å². The number of hydrogen-bond donors (Lipinski definition) is 2. The molecule has 1 aliphatic heterocycles. The molecule has 0 aromatic heterocycles. The molecule has 4 amide bonds. The molecule has 2 aromatic carbocycles. The van der Waals surface area contributed by atoms with E-state index < -0.39 is 17.5 Å². The summed E-state index contributed by atoms with van der Waals surface area (Å²) in [7, 11) is 0. The first-order valence-corrected chi connectivity index (χ1v) is 9.86. The van der Waals surface area contributed by atoms with Crippen LogP contribution in [0.1, 0.15) is 44.2 Å². The summed E-state index contributed by atoms with van der Waals surface area (Å²) in [6, 6.07) is 16.8. The number of carbonyl (C=O) groups excluding carboxylic acids is 3. The largest absolute Gasteiger partial charge is 0.325 e. The fourth-order valence-electron chi connectivity index (χ4n) is 3.39. The van der Waals surface area contributed by atoms with E-state index in [0.29, 0.717) is 24.4 Å². The summed E-state index contributed by atoms with van der Waals surface area (Å²) in [5.41, 5.74) is 1.90. The number of benzene rings is 2. The molecule has 1 fully saturated rings. The highest BCUT2D eigenvalue weighted by Crippen LogP contribution is 2.23. The predicted octanol–water partition coefficient (Wildman–Crippen LogP) is 3.69. The van der Waals surface area contributed by atoms with E-state index >= 15 is 0 Å². The lowest BCUT2D eigenvalue weighted by atomic mass is 9.93. The zero-order valence-electron chi connectivity index (χ0n) is 17.1. The maximum absolute atomic E-state index is 12.8. The SMILES string of the molecule is CC(C)c1ccc(NC(=O)CN2C(=O)N[C@](C)(CCc3ccccc3)C2=O)cc1. The van der Waals surface area contributed by atoms with E-state index in [1.165, 1.54) is 5.56 Å². The van der Waals surface area contributed by atoms with Crippen molar-refractivity contribution >= 4 is 23.5 Å². The molecule has 29 heavy (non-hydrogen) atoms. The van der Waals surface area contributed by atoms with E-state index in [1.54, 1.807) is 6.92 Å². The Morgan fingerprint density at radius 3 is 2.34 bits per heavy atom. The van der Waals surface area contributed by atoms with Gasteiger partial charge in [0, 0.05) is 5.69 Å². The van der Waals surface area contributed by atoms with Gasteiger partial charge in [-0.2, -0.15) is 0 Å². The van der Waals surface area contributed by atoms with Gasteiger partial charge in [0.25, 0.3) is 5.91 Å². The highest BCUT2D eigenvalue weighted by Gasteiger charge is 2.47. The monoisotopic (exact) mass is 393 g/mol. The number of anilines is 1. The number of aryl methyl sites for hydroxylation is 1. The molecule has 1 heterocycles. The molecule has 0 radical (unpaired) electrons. The van der Waals surface area contributed by atoms with E-state index in [9.17, 15) is 14.4 Å². The number of hydrogen-bond acceptors (Lipinski definition) is 3. The van der Waals surface area contributed by atoms with Gasteiger partial charge in [0.1, 0.15) is 12.1 Å². The fraction of sp³-hybridized carbons (Fsp3) is 0.348. The molecule has 2 N–H and O–H groups in total. The zero-order chi connectivity index (χ0) is 21.0. The van der Waals surface area contributed by atoms with Crippen LogP contribution in [0.3, 0.4) is 0 Å². The molecule has 0 bridgehead atoms. The van der Waals surface area contributed by atoms with Crippen molar-refractivity contribution in [1.82, 2.24) is 10.2 Å². The number of nitrogens with zero attached hydrogens (tertiary/aromatic N) is 1. The maximum atomic E-state index is 12.8. The molecule has 2 aromatic rings. The number of carbonyl (C=O) groups is 3. The first kappa shape index (κ1) is 20.6. The topological polar surface area (TPSA) is 78.5 Å². The van der Waals surface area contributed by atoms with Crippen molar-refractivity contribution in [2.45, 2.75) is 45.1 Å². The van der Waals surface area contributed by atoms with Crippen LogP contribution in [0.2, 0.25) is 0 Å². The molecule has 6 nitrogen and oxygen atoms in total. The summed E-state index contributed by atoms with van der Waals surface area (Å²) >= 11 is 0. The van der Waals surface area contributed by atoms with Gasteiger partial charge in [0.05, 0.1) is 0 Å². The van der Waals surface area contributed by atoms with Gasteiger partial charge in [-0.3, -0.25) is 14.5 Å². The third kappa shape index (κ3) is 4.83. The Hall–Kier alpha value is -3.15. The first-order valence-electron chi connectivity index (χ1n) is 9.86.